The number of benzene rings is 1. The van der Waals surface area contributed by atoms with Gasteiger partial charge in [-0.25, -0.2) is 4.39 Å². The Balaban J connectivity index is 0.00000560. The van der Waals surface area contributed by atoms with Crippen LogP contribution in [0.15, 0.2) is 24.3 Å². The zero-order chi connectivity index (χ0) is 28.2. The van der Waals surface area contributed by atoms with Crippen molar-refractivity contribution in [2.24, 2.45) is 5.92 Å². The van der Waals surface area contributed by atoms with E-state index in [-0.39, 0.29) is 56.2 Å². The van der Waals surface area contributed by atoms with Crippen LogP contribution >= 0.6 is 12.4 Å². The predicted molar refractivity (Wildman–Crippen MR) is 153 cm³/mol. The summed E-state index contributed by atoms with van der Waals surface area (Å²) < 4.78 is 26.3. The van der Waals surface area contributed by atoms with Crippen molar-refractivity contribution >= 4 is 24.2 Å². The van der Waals surface area contributed by atoms with Crippen LogP contribution in [0, 0.1) is 11.7 Å². The summed E-state index contributed by atoms with van der Waals surface area (Å²) in [5, 5.41) is 25.0. The molecular formula is C29H47ClFN3O6. The van der Waals surface area contributed by atoms with Crippen LogP contribution in [0.1, 0.15) is 62.7 Å². The number of nitrogens with one attached hydrogen (secondary N) is 1. The van der Waals surface area contributed by atoms with Crippen LogP contribution in [0.4, 0.5) is 4.39 Å². The molecule has 0 saturated carbocycles. The van der Waals surface area contributed by atoms with Gasteiger partial charge < -0.3 is 34.8 Å². The molecule has 2 amide bonds. The highest BCUT2D eigenvalue weighted by Crippen LogP contribution is 2.17. The van der Waals surface area contributed by atoms with E-state index in [1.807, 2.05) is 0 Å². The molecule has 0 bridgehead atoms. The number of piperidine rings is 1. The summed E-state index contributed by atoms with van der Waals surface area (Å²) in [6, 6.07) is 5.51. The van der Waals surface area contributed by atoms with Crippen molar-refractivity contribution in [3.05, 3.63) is 35.6 Å². The van der Waals surface area contributed by atoms with E-state index in [9.17, 15) is 24.2 Å². The van der Waals surface area contributed by atoms with Crippen molar-refractivity contribution in [2.45, 2.75) is 76.7 Å². The Morgan fingerprint density at radius 2 is 1.85 bits per heavy atom. The van der Waals surface area contributed by atoms with E-state index < -0.39 is 30.0 Å². The van der Waals surface area contributed by atoms with Gasteiger partial charge in [0.25, 0.3) is 5.91 Å². The van der Waals surface area contributed by atoms with Crippen molar-refractivity contribution in [3.63, 3.8) is 0 Å². The molecule has 3 N–H and O–H groups in total. The van der Waals surface area contributed by atoms with Gasteiger partial charge in [0, 0.05) is 39.4 Å². The molecule has 9 nitrogen and oxygen atoms in total. The van der Waals surface area contributed by atoms with E-state index in [2.05, 4.69) is 19.2 Å². The van der Waals surface area contributed by atoms with E-state index >= 15 is 0 Å². The van der Waals surface area contributed by atoms with Crippen LogP contribution < -0.4 is 5.32 Å². The first kappa shape index (κ1) is 34.4. The molecule has 3 rings (SSSR count). The second-order valence-electron chi connectivity index (χ2n) is 11.0. The number of aliphatic hydroxyl groups is 2. The average molecular weight is 588 g/mol. The van der Waals surface area contributed by atoms with Crippen molar-refractivity contribution < 1.29 is 33.7 Å². The van der Waals surface area contributed by atoms with Gasteiger partial charge in [0.15, 0.2) is 0 Å². The summed E-state index contributed by atoms with van der Waals surface area (Å²) >= 11 is 0. The molecule has 1 aromatic rings. The van der Waals surface area contributed by atoms with Gasteiger partial charge in [0.05, 0.1) is 18.2 Å². The number of hydrogen-bond acceptors (Lipinski definition) is 7. The van der Waals surface area contributed by atoms with Gasteiger partial charge in [-0.05, 0) is 56.7 Å². The Labute approximate surface area is 243 Å². The molecule has 2 saturated heterocycles. The molecule has 2 aliphatic heterocycles. The molecule has 1 aromatic carbocycles. The average Bonchev–Trinajstić information content (AvgIpc) is 2.93. The molecule has 0 aromatic heterocycles. The number of hydrogen-bond donors (Lipinski definition) is 3. The first-order valence-corrected chi connectivity index (χ1v) is 14.4. The molecule has 4 atom stereocenters. The highest BCUT2D eigenvalue weighted by molar-refractivity contribution is 5.94. The third-order valence-corrected chi connectivity index (χ3v) is 7.41. The normalized spacial score (nSPS) is 25.6. The maximum atomic E-state index is 14.7. The Morgan fingerprint density at radius 1 is 1.10 bits per heavy atom. The monoisotopic (exact) mass is 587 g/mol. The van der Waals surface area contributed by atoms with Gasteiger partial charge in [-0.15, -0.1) is 12.4 Å². The lowest BCUT2D eigenvalue weighted by atomic mass is 10.0. The number of ether oxygens (including phenoxy) is 2. The van der Waals surface area contributed by atoms with Crippen LogP contribution in [0.2, 0.25) is 0 Å². The largest absolute Gasteiger partial charge is 0.388 e. The number of amides is 2. The van der Waals surface area contributed by atoms with Gasteiger partial charge in [-0.1, -0.05) is 32.4 Å². The molecular weight excluding hydrogens is 541 g/mol. The van der Waals surface area contributed by atoms with Crippen molar-refractivity contribution in [1.29, 1.82) is 0 Å². The van der Waals surface area contributed by atoms with Crippen LogP contribution in [-0.4, -0.2) is 109 Å². The standard InChI is InChI=1S/C29H46FN3O6.ClH/c1-21(2)12-18-39-26-19-33(28(36)22-9-3-4-10-23(22)30)16-15-32(29(37)24-11-5-6-13-31-24)14-7-8-17-38-20-25(34)27(26)35;/h3-4,9-10,21,24-27,31,34-35H,5-8,11-20H2,1-2H3;1H/t24-,25+,26+,27+;/m0./s1. The van der Waals surface area contributed by atoms with Crippen LogP contribution in [0.3, 0.4) is 0 Å². The van der Waals surface area contributed by atoms with Crippen LogP contribution in [0.5, 0.6) is 0 Å². The molecule has 2 fully saturated rings. The SMILES string of the molecule is CC(C)CCO[C@@H]1CN(C(=O)c2ccccc2F)CCN(C(=O)[C@@H]2CCCCN2)CCCCOC[C@@H](O)[C@H]1O.Cl. The summed E-state index contributed by atoms with van der Waals surface area (Å²) in [5.41, 5.74) is -0.0928. The quantitative estimate of drug-likeness (QED) is 0.469. The van der Waals surface area contributed by atoms with Crippen molar-refractivity contribution in [3.8, 4) is 0 Å². The van der Waals surface area contributed by atoms with E-state index in [4.69, 9.17) is 9.47 Å². The second-order valence-corrected chi connectivity index (χ2v) is 11.0. The number of carbonyl (C=O) groups is 2. The smallest absolute Gasteiger partial charge is 0.256 e. The molecule has 0 aliphatic carbocycles. The van der Waals surface area contributed by atoms with E-state index in [1.54, 1.807) is 11.0 Å². The third kappa shape index (κ3) is 10.5. The Bertz CT molecular complexity index is 904. The van der Waals surface area contributed by atoms with Gasteiger partial charge in [-0.3, -0.25) is 9.59 Å². The summed E-state index contributed by atoms with van der Waals surface area (Å²) in [6.45, 7) is 6.36. The molecule has 0 spiro atoms. The van der Waals surface area contributed by atoms with E-state index in [0.29, 0.717) is 38.5 Å². The zero-order valence-corrected chi connectivity index (χ0v) is 24.6. The highest BCUT2D eigenvalue weighted by atomic mass is 35.5. The molecule has 2 heterocycles. The van der Waals surface area contributed by atoms with E-state index in [0.717, 1.165) is 32.2 Å². The Morgan fingerprint density at radius 3 is 2.55 bits per heavy atom. The third-order valence-electron chi connectivity index (χ3n) is 7.41. The minimum atomic E-state index is -1.32. The van der Waals surface area contributed by atoms with Crippen molar-refractivity contribution in [1.82, 2.24) is 15.1 Å². The summed E-state index contributed by atoms with van der Waals surface area (Å²) in [5.74, 6) is -0.842. The first-order chi connectivity index (χ1) is 18.8. The zero-order valence-electron chi connectivity index (χ0n) is 23.8. The first-order valence-electron chi connectivity index (χ1n) is 14.4. The lowest BCUT2D eigenvalue weighted by Gasteiger charge is -2.35. The molecule has 2 aliphatic rings. The topological polar surface area (TPSA) is 112 Å². The molecule has 0 unspecified atom stereocenters. The lowest BCUT2D eigenvalue weighted by Crippen LogP contribution is -2.53. The minimum Gasteiger partial charge on any atom is -0.388 e. The van der Waals surface area contributed by atoms with E-state index in [1.165, 1.54) is 23.1 Å². The fourth-order valence-corrected chi connectivity index (χ4v) is 4.93. The maximum absolute atomic E-state index is 14.7. The minimum absolute atomic E-state index is 0. The molecule has 0 radical (unpaired) electrons. The molecule has 228 valence electrons. The number of halogens is 2. The highest BCUT2D eigenvalue weighted by Gasteiger charge is 2.33. The number of aliphatic hydroxyl groups excluding tert-OH is 2. The van der Waals surface area contributed by atoms with Crippen molar-refractivity contribution in [2.75, 3.05) is 52.5 Å². The van der Waals surface area contributed by atoms with Gasteiger partial charge in [0.2, 0.25) is 5.91 Å². The Kier molecular flexibility index (Phi) is 15.4. The van der Waals surface area contributed by atoms with Gasteiger partial charge in [-0.2, -0.15) is 0 Å². The lowest BCUT2D eigenvalue weighted by molar-refractivity contribution is -0.135. The number of nitrogens with zero attached hydrogens (tertiary/aromatic N) is 2. The van der Waals surface area contributed by atoms with Gasteiger partial charge in [0.1, 0.15) is 24.1 Å². The number of carbonyl (C=O) groups excluding carboxylic acids is 2. The Hall–Kier alpha value is -1.82. The fraction of sp³-hybridized carbons (Fsp3) is 0.724. The second kappa shape index (κ2) is 17.9. The summed E-state index contributed by atoms with van der Waals surface area (Å²) in [7, 11) is 0. The van der Waals surface area contributed by atoms with Crippen LogP contribution in [0.25, 0.3) is 0 Å². The molecule has 11 heteroatoms. The fourth-order valence-electron chi connectivity index (χ4n) is 4.93. The number of rotatable bonds is 6. The summed E-state index contributed by atoms with van der Waals surface area (Å²) in [6.07, 6.45) is 1.44. The predicted octanol–water partition coefficient (Wildman–Crippen LogP) is 2.62. The van der Waals surface area contributed by atoms with Gasteiger partial charge >= 0.3 is 0 Å². The van der Waals surface area contributed by atoms with Crippen LogP contribution in [-0.2, 0) is 14.3 Å². The molecule has 40 heavy (non-hydrogen) atoms. The summed E-state index contributed by atoms with van der Waals surface area (Å²) in [4.78, 5) is 30.2. The maximum Gasteiger partial charge on any atom is 0.256 e.